The van der Waals surface area contributed by atoms with Crippen LogP contribution in [0.1, 0.15) is 80.1 Å². The van der Waals surface area contributed by atoms with E-state index < -0.39 is 18.0 Å². The minimum absolute atomic E-state index is 0.0547. The lowest BCUT2D eigenvalue weighted by Crippen LogP contribution is -2.52. The summed E-state index contributed by atoms with van der Waals surface area (Å²) in [4.78, 5) is 36.2. The van der Waals surface area contributed by atoms with Gasteiger partial charge in [0.25, 0.3) is 0 Å². The summed E-state index contributed by atoms with van der Waals surface area (Å²) < 4.78 is 17.5. The maximum absolute atomic E-state index is 12.5. The first-order valence-corrected chi connectivity index (χ1v) is 11.4. The van der Waals surface area contributed by atoms with E-state index in [1.807, 2.05) is 27.7 Å². The van der Waals surface area contributed by atoms with Gasteiger partial charge < -0.3 is 14.2 Å². The van der Waals surface area contributed by atoms with Crippen LogP contribution in [0.15, 0.2) is 0 Å². The number of Topliss-reactive ketones (excluding diaryl/α,β-unsaturated/α-hetero) is 1. The molecule has 0 aromatic carbocycles. The van der Waals surface area contributed by atoms with E-state index in [-0.39, 0.29) is 54.7 Å². The molecule has 3 fully saturated rings. The number of rotatable bonds is 5. The molecule has 2 saturated heterocycles. The molecule has 172 valence electrons. The molecule has 3 aliphatic rings. The van der Waals surface area contributed by atoms with Crippen molar-refractivity contribution < 1.29 is 33.6 Å². The second-order valence-electron chi connectivity index (χ2n) is 10.1. The van der Waals surface area contributed by atoms with Crippen molar-refractivity contribution in [3.63, 3.8) is 0 Å². The van der Waals surface area contributed by atoms with Crippen molar-refractivity contribution in [2.75, 3.05) is 6.79 Å². The number of carbonyl (C=O) groups is 2. The predicted octanol–water partition coefficient (Wildman–Crippen LogP) is 4.38. The topological polar surface area (TPSA) is 80.3 Å². The molecule has 0 radical (unpaired) electrons. The average Bonchev–Trinajstić information content (AvgIpc) is 2.83. The molecule has 0 spiro atoms. The van der Waals surface area contributed by atoms with Gasteiger partial charge in [-0.05, 0) is 43.4 Å². The van der Waals surface area contributed by atoms with Crippen LogP contribution in [0.4, 0.5) is 0 Å². The summed E-state index contributed by atoms with van der Waals surface area (Å²) in [5.74, 6) is -0.835. The second kappa shape index (κ2) is 9.23. The number of esters is 1. The molecule has 1 aliphatic carbocycles. The number of ketones is 1. The van der Waals surface area contributed by atoms with Gasteiger partial charge in [0.05, 0.1) is 6.42 Å². The van der Waals surface area contributed by atoms with E-state index in [1.54, 1.807) is 0 Å². The molecule has 2 aliphatic heterocycles. The van der Waals surface area contributed by atoms with Crippen molar-refractivity contribution in [2.24, 2.45) is 29.1 Å². The van der Waals surface area contributed by atoms with Gasteiger partial charge in [0.1, 0.15) is 11.9 Å². The molecule has 0 N–H and O–H groups in total. The molecule has 3 rings (SSSR count). The molecule has 2 heterocycles. The summed E-state index contributed by atoms with van der Waals surface area (Å²) in [5.41, 5.74) is -0.0547. The Morgan fingerprint density at radius 3 is 2.53 bits per heavy atom. The fraction of sp³-hybridized carbons (Fsp3) is 0.913. The lowest BCUT2D eigenvalue weighted by molar-refractivity contribution is -0.464. The summed E-state index contributed by atoms with van der Waals surface area (Å²) in [6.07, 6.45) is 3.03. The molecule has 0 aromatic rings. The maximum atomic E-state index is 12.5. The predicted molar refractivity (Wildman–Crippen MR) is 109 cm³/mol. The van der Waals surface area contributed by atoms with Gasteiger partial charge in [-0.3, -0.25) is 9.59 Å². The molecule has 30 heavy (non-hydrogen) atoms. The summed E-state index contributed by atoms with van der Waals surface area (Å²) in [6.45, 7) is 12.1. The SMILES string of the molecule is CC(C)C(=O)CCC(=O)O[C@@H]1OCO[C@]2(C)CC[C@@]3(C)[C@H](C)CC[C@@H]([C@H]1C)[C@@H]3OO2. The highest BCUT2D eigenvalue weighted by Crippen LogP contribution is 2.54. The molecular formula is C23H38O7. The number of hydrogen-bond donors (Lipinski definition) is 0. The normalized spacial score (nSPS) is 41.9. The van der Waals surface area contributed by atoms with E-state index in [0.717, 1.165) is 19.3 Å². The molecule has 0 unspecified atom stereocenters. The Balaban J connectivity index is 1.77. The van der Waals surface area contributed by atoms with Crippen molar-refractivity contribution in [1.29, 1.82) is 0 Å². The van der Waals surface area contributed by atoms with Crippen molar-refractivity contribution in [3.8, 4) is 0 Å². The summed E-state index contributed by atoms with van der Waals surface area (Å²) in [5, 5.41) is 0. The Hall–Kier alpha value is -1.02. The number of hydrogen-bond acceptors (Lipinski definition) is 7. The van der Waals surface area contributed by atoms with Crippen LogP contribution in [-0.4, -0.2) is 36.7 Å². The summed E-state index contributed by atoms with van der Waals surface area (Å²) in [6, 6.07) is 0. The minimum atomic E-state index is -0.899. The Morgan fingerprint density at radius 1 is 1.10 bits per heavy atom. The zero-order valence-electron chi connectivity index (χ0n) is 19.3. The highest BCUT2D eigenvalue weighted by atomic mass is 17.2. The third-order valence-electron chi connectivity index (χ3n) is 7.71. The van der Waals surface area contributed by atoms with E-state index in [2.05, 4.69) is 13.8 Å². The lowest BCUT2D eigenvalue weighted by Gasteiger charge is -2.50. The zero-order chi connectivity index (χ0) is 22.1. The van der Waals surface area contributed by atoms with Gasteiger partial charge in [-0.25, -0.2) is 9.78 Å². The second-order valence-corrected chi connectivity index (χ2v) is 10.1. The van der Waals surface area contributed by atoms with Crippen LogP contribution in [0.3, 0.4) is 0 Å². The van der Waals surface area contributed by atoms with Gasteiger partial charge in [-0.1, -0.05) is 34.6 Å². The van der Waals surface area contributed by atoms with Crippen LogP contribution in [0.2, 0.25) is 0 Å². The van der Waals surface area contributed by atoms with Crippen molar-refractivity contribution in [2.45, 2.75) is 98.2 Å². The van der Waals surface area contributed by atoms with Crippen molar-refractivity contribution in [1.82, 2.24) is 0 Å². The first kappa shape index (κ1) is 23.6. The quantitative estimate of drug-likeness (QED) is 0.477. The highest BCUT2D eigenvalue weighted by Gasteiger charge is 2.54. The fourth-order valence-electron chi connectivity index (χ4n) is 5.01. The van der Waals surface area contributed by atoms with Crippen molar-refractivity contribution in [3.05, 3.63) is 0 Å². The van der Waals surface area contributed by atoms with E-state index >= 15 is 0 Å². The van der Waals surface area contributed by atoms with Gasteiger partial charge in [0.2, 0.25) is 12.1 Å². The van der Waals surface area contributed by atoms with E-state index in [9.17, 15) is 9.59 Å². The third kappa shape index (κ3) is 4.90. The number of fused-ring (bicyclic) bond motifs is 2. The van der Waals surface area contributed by atoms with Crippen LogP contribution in [0.25, 0.3) is 0 Å². The Morgan fingerprint density at radius 2 is 1.83 bits per heavy atom. The minimum Gasteiger partial charge on any atom is -0.435 e. The first-order valence-electron chi connectivity index (χ1n) is 11.4. The highest BCUT2D eigenvalue weighted by molar-refractivity contribution is 5.84. The number of ether oxygens (including phenoxy) is 3. The molecule has 7 heteroatoms. The first-order chi connectivity index (χ1) is 14.1. The van der Waals surface area contributed by atoms with E-state index in [4.69, 9.17) is 24.0 Å². The molecule has 0 amide bonds. The lowest BCUT2D eigenvalue weighted by atomic mass is 9.58. The summed E-state index contributed by atoms with van der Waals surface area (Å²) in [7, 11) is 0. The van der Waals surface area contributed by atoms with Gasteiger partial charge in [-0.2, -0.15) is 0 Å². The smallest absolute Gasteiger partial charge is 0.308 e. The Labute approximate surface area is 180 Å². The monoisotopic (exact) mass is 426 g/mol. The van der Waals surface area contributed by atoms with Gasteiger partial charge in [-0.15, -0.1) is 0 Å². The third-order valence-corrected chi connectivity index (χ3v) is 7.71. The molecule has 0 aromatic heterocycles. The van der Waals surface area contributed by atoms with Gasteiger partial charge in [0, 0.05) is 24.7 Å². The Bertz CT molecular complexity index is 635. The zero-order valence-corrected chi connectivity index (χ0v) is 19.3. The molecule has 7 nitrogen and oxygen atoms in total. The van der Waals surface area contributed by atoms with Crippen LogP contribution >= 0.6 is 0 Å². The standard InChI is InChI=1S/C23H38O7/c1-14(2)18(24)9-10-19(25)28-21-16(4)17-8-7-15(3)22(5)11-12-23(6,27-13-26-21)30-29-20(17)22/h14-17,20-21H,7-13H2,1-6H3/t15-,16-,17+,20+,21+,22+,23+/m1/s1. The molecular weight excluding hydrogens is 388 g/mol. The van der Waals surface area contributed by atoms with Gasteiger partial charge in [0.15, 0.2) is 6.79 Å². The van der Waals surface area contributed by atoms with Crippen LogP contribution in [0.5, 0.6) is 0 Å². The summed E-state index contributed by atoms with van der Waals surface area (Å²) >= 11 is 0. The molecule has 2 bridgehead atoms. The number of carbonyl (C=O) groups excluding carboxylic acids is 2. The van der Waals surface area contributed by atoms with Crippen LogP contribution < -0.4 is 0 Å². The van der Waals surface area contributed by atoms with Crippen LogP contribution in [-0.2, 0) is 33.6 Å². The Kier molecular flexibility index (Phi) is 7.27. The van der Waals surface area contributed by atoms with E-state index in [0.29, 0.717) is 12.3 Å². The largest absolute Gasteiger partial charge is 0.435 e. The molecule has 1 saturated carbocycles. The van der Waals surface area contributed by atoms with Crippen LogP contribution in [0, 0.1) is 29.1 Å². The fourth-order valence-corrected chi connectivity index (χ4v) is 5.01. The van der Waals surface area contributed by atoms with Crippen molar-refractivity contribution >= 4 is 11.8 Å². The average molecular weight is 427 g/mol. The van der Waals surface area contributed by atoms with Gasteiger partial charge >= 0.3 is 5.97 Å². The maximum Gasteiger partial charge on any atom is 0.308 e. The molecule has 7 atom stereocenters. The van der Waals surface area contributed by atoms with E-state index in [1.165, 1.54) is 0 Å².